The van der Waals surface area contributed by atoms with Crippen LogP contribution in [0.3, 0.4) is 0 Å². The summed E-state index contributed by atoms with van der Waals surface area (Å²) in [5.41, 5.74) is 1.53. The molecule has 0 amide bonds. The van der Waals surface area contributed by atoms with E-state index in [1.165, 1.54) is 0 Å². The Kier molecular flexibility index (Phi) is 2.79. The van der Waals surface area contributed by atoms with Crippen LogP contribution in [-0.4, -0.2) is 5.11 Å². The predicted molar refractivity (Wildman–Crippen MR) is 51.9 cm³/mol. The summed E-state index contributed by atoms with van der Waals surface area (Å²) in [6, 6.07) is 5.50. The molecular weight excluding hydrogens is 186 g/mol. The Balaban J connectivity index is 3.30. The van der Waals surface area contributed by atoms with Gasteiger partial charge in [-0.05, 0) is 25.5 Å². The summed E-state index contributed by atoms with van der Waals surface area (Å²) in [6.07, 6.45) is 0. The monoisotopic (exact) mass is 195 g/mol. The van der Waals surface area contributed by atoms with Gasteiger partial charge in [0.2, 0.25) is 0 Å². The molecular formula is C10H10ClNO. The molecule has 0 heterocycles. The lowest BCUT2D eigenvalue weighted by molar-refractivity contribution is 0.467. The van der Waals surface area contributed by atoms with Crippen molar-refractivity contribution in [3.63, 3.8) is 0 Å². The van der Waals surface area contributed by atoms with Crippen molar-refractivity contribution in [1.29, 1.82) is 5.26 Å². The summed E-state index contributed by atoms with van der Waals surface area (Å²) in [4.78, 5) is 0. The average Bonchev–Trinajstić information content (AvgIpc) is 2.10. The quantitative estimate of drug-likeness (QED) is 0.749. The normalized spacial score (nSPS) is 12.2. The molecule has 0 spiro atoms. The van der Waals surface area contributed by atoms with Gasteiger partial charge in [-0.15, -0.1) is 0 Å². The lowest BCUT2D eigenvalue weighted by atomic mass is 9.99. The van der Waals surface area contributed by atoms with E-state index in [0.717, 1.165) is 5.56 Å². The molecule has 68 valence electrons. The first kappa shape index (κ1) is 9.88. The number of phenols is 1. The summed E-state index contributed by atoms with van der Waals surface area (Å²) < 4.78 is 0. The molecule has 0 aliphatic rings. The lowest BCUT2D eigenvalue weighted by Crippen LogP contribution is -1.91. The first-order chi connectivity index (χ1) is 6.06. The third-order valence-electron chi connectivity index (χ3n) is 1.90. The van der Waals surface area contributed by atoms with Crippen molar-refractivity contribution in [2.75, 3.05) is 0 Å². The first-order valence-corrected chi connectivity index (χ1v) is 4.32. The molecule has 1 unspecified atom stereocenters. The number of aromatic hydroxyl groups is 1. The van der Waals surface area contributed by atoms with Gasteiger partial charge in [-0.1, -0.05) is 17.7 Å². The van der Waals surface area contributed by atoms with Crippen LogP contribution < -0.4 is 0 Å². The highest BCUT2D eigenvalue weighted by Crippen LogP contribution is 2.33. The van der Waals surface area contributed by atoms with Crippen molar-refractivity contribution in [2.24, 2.45) is 0 Å². The van der Waals surface area contributed by atoms with E-state index >= 15 is 0 Å². The molecule has 0 saturated heterocycles. The molecule has 0 aliphatic carbocycles. The zero-order chi connectivity index (χ0) is 10.0. The number of nitrogens with zero attached hydrogens (tertiary/aromatic N) is 1. The number of rotatable bonds is 1. The van der Waals surface area contributed by atoms with Gasteiger partial charge in [0.05, 0.1) is 17.0 Å². The zero-order valence-electron chi connectivity index (χ0n) is 7.50. The fourth-order valence-electron chi connectivity index (χ4n) is 1.16. The molecule has 1 atom stereocenters. The SMILES string of the molecule is Cc1cc(Cl)c(O)c(C(C)C#N)c1. The van der Waals surface area contributed by atoms with Crippen molar-refractivity contribution in [3.05, 3.63) is 28.3 Å². The molecule has 13 heavy (non-hydrogen) atoms. The number of benzene rings is 1. The van der Waals surface area contributed by atoms with Crippen LogP contribution in [0.15, 0.2) is 12.1 Å². The molecule has 0 saturated carbocycles. The Bertz CT molecular complexity index is 368. The molecule has 3 heteroatoms. The van der Waals surface area contributed by atoms with Crippen LogP contribution in [0, 0.1) is 18.3 Å². The summed E-state index contributed by atoms with van der Waals surface area (Å²) in [5.74, 6) is -0.321. The van der Waals surface area contributed by atoms with Gasteiger partial charge in [-0.25, -0.2) is 0 Å². The highest BCUT2D eigenvalue weighted by atomic mass is 35.5. The van der Waals surface area contributed by atoms with Crippen LogP contribution in [0.2, 0.25) is 5.02 Å². The van der Waals surface area contributed by atoms with Gasteiger partial charge in [0.1, 0.15) is 5.75 Å². The van der Waals surface area contributed by atoms with Crippen LogP contribution in [0.5, 0.6) is 5.75 Å². The van der Waals surface area contributed by atoms with E-state index < -0.39 is 0 Å². The minimum absolute atomic E-state index is 0.0151. The third kappa shape index (κ3) is 1.93. The van der Waals surface area contributed by atoms with Crippen LogP contribution in [0.25, 0.3) is 0 Å². The van der Waals surface area contributed by atoms with Crippen molar-refractivity contribution < 1.29 is 5.11 Å². The highest BCUT2D eigenvalue weighted by Gasteiger charge is 2.12. The third-order valence-corrected chi connectivity index (χ3v) is 2.19. The molecule has 0 fully saturated rings. The minimum atomic E-state index is -0.336. The Labute approximate surface area is 82.4 Å². The maximum absolute atomic E-state index is 9.54. The van der Waals surface area contributed by atoms with Gasteiger partial charge in [0.25, 0.3) is 0 Å². The van der Waals surface area contributed by atoms with E-state index in [1.54, 1.807) is 19.1 Å². The first-order valence-electron chi connectivity index (χ1n) is 3.95. The molecule has 0 aliphatic heterocycles. The van der Waals surface area contributed by atoms with Crippen LogP contribution >= 0.6 is 11.6 Å². The molecule has 1 rings (SSSR count). The number of halogens is 1. The van der Waals surface area contributed by atoms with Crippen molar-refractivity contribution >= 4 is 11.6 Å². The second kappa shape index (κ2) is 3.68. The predicted octanol–water partition coefficient (Wildman–Crippen LogP) is 2.98. The number of hydrogen-bond donors (Lipinski definition) is 1. The number of phenolic OH excluding ortho intramolecular Hbond substituents is 1. The highest BCUT2D eigenvalue weighted by molar-refractivity contribution is 6.32. The Morgan fingerprint density at radius 1 is 1.54 bits per heavy atom. The zero-order valence-corrected chi connectivity index (χ0v) is 8.26. The lowest BCUT2D eigenvalue weighted by Gasteiger charge is -2.08. The molecule has 0 radical (unpaired) electrons. The molecule has 0 bridgehead atoms. The van der Waals surface area contributed by atoms with E-state index in [2.05, 4.69) is 6.07 Å². The largest absolute Gasteiger partial charge is 0.506 e. The van der Waals surface area contributed by atoms with Crippen molar-refractivity contribution in [3.8, 4) is 11.8 Å². The van der Waals surface area contributed by atoms with Crippen LogP contribution in [-0.2, 0) is 0 Å². The summed E-state index contributed by atoms with van der Waals surface area (Å²) in [7, 11) is 0. The van der Waals surface area contributed by atoms with Crippen molar-refractivity contribution in [2.45, 2.75) is 19.8 Å². The number of nitriles is 1. The van der Waals surface area contributed by atoms with Gasteiger partial charge < -0.3 is 5.11 Å². The van der Waals surface area contributed by atoms with Crippen LogP contribution in [0.4, 0.5) is 0 Å². The summed E-state index contributed by atoms with van der Waals surface area (Å²) >= 11 is 5.76. The summed E-state index contributed by atoms with van der Waals surface area (Å²) in [5, 5.41) is 18.5. The Morgan fingerprint density at radius 3 is 2.69 bits per heavy atom. The van der Waals surface area contributed by atoms with E-state index in [9.17, 15) is 5.11 Å². The van der Waals surface area contributed by atoms with E-state index in [1.807, 2.05) is 6.92 Å². The fourth-order valence-corrected chi connectivity index (χ4v) is 1.44. The summed E-state index contributed by atoms with van der Waals surface area (Å²) in [6.45, 7) is 3.60. The van der Waals surface area contributed by atoms with E-state index in [-0.39, 0.29) is 11.7 Å². The second-order valence-corrected chi connectivity index (χ2v) is 3.44. The van der Waals surface area contributed by atoms with E-state index in [4.69, 9.17) is 16.9 Å². The number of aryl methyl sites for hydroxylation is 1. The van der Waals surface area contributed by atoms with Crippen molar-refractivity contribution in [1.82, 2.24) is 0 Å². The topological polar surface area (TPSA) is 44.0 Å². The van der Waals surface area contributed by atoms with Gasteiger partial charge in [-0.3, -0.25) is 0 Å². The van der Waals surface area contributed by atoms with Crippen LogP contribution in [0.1, 0.15) is 24.0 Å². The maximum Gasteiger partial charge on any atom is 0.138 e. The molecule has 1 aromatic carbocycles. The van der Waals surface area contributed by atoms with Gasteiger partial charge in [-0.2, -0.15) is 5.26 Å². The minimum Gasteiger partial charge on any atom is -0.506 e. The average molecular weight is 196 g/mol. The standard InChI is InChI=1S/C10H10ClNO/c1-6-3-8(7(2)5-12)10(13)9(11)4-6/h3-4,7,13H,1-2H3. The van der Waals surface area contributed by atoms with Gasteiger partial charge in [0, 0.05) is 5.56 Å². The molecule has 1 N–H and O–H groups in total. The molecule has 1 aromatic rings. The molecule has 2 nitrogen and oxygen atoms in total. The number of hydrogen-bond acceptors (Lipinski definition) is 2. The fraction of sp³-hybridized carbons (Fsp3) is 0.300. The van der Waals surface area contributed by atoms with E-state index in [0.29, 0.717) is 10.6 Å². The molecule has 0 aromatic heterocycles. The smallest absolute Gasteiger partial charge is 0.138 e. The second-order valence-electron chi connectivity index (χ2n) is 3.04. The Morgan fingerprint density at radius 2 is 2.15 bits per heavy atom. The Hall–Kier alpha value is -1.20. The van der Waals surface area contributed by atoms with Gasteiger partial charge in [0.15, 0.2) is 0 Å². The van der Waals surface area contributed by atoms with Gasteiger partial charge >= 0.3 is 0 Å². The maximum atomic E-state index is 9.54.